The summed E-state index contributed by atoms with van der Waals surface area (Å²) in [6.45, 7) is 4.12. The summed E-state index contributed by atoms with van der Waals surface area (Å²) in [6, 6.07) is 10.7. The maximum Gasteiger partial charge on any atom is 0.316 e. The molecule has 0 radical (unpaired) electrons. The van der Waals surface area contributed by atoms with Crippen LogP contribution >= 0.6 is 0 Å². The molecular weight excluding hydrogens is 240 g/mol. The summed E-state index contributed by atoms with van der Waals surface area (Å²) in [7, 11) is 1.59. The molecule has 0 aliphatic heterocycles. The Hall–Kier alpha value is -1.88. The van der Waals surface area contributed by atoms with Crippen LogP contribution < -0.4 is 10.5 Å². The SMILES string of the molecule is COc1nnc([C@H](N)Cc2ccccc2)n1C(C)C. The fourth-order valence-corrected chi connectivity index (χ4v) is 2.13. The van der Waals surface area contributed by atoms with Crippen LogP contribution in [0, 0.1) is 0 Å². The van der Waals surface area contributed by atoms with Gasteiger partial charge in [-0.25, -0.2) is 0 Å². The van der Waals surface area contributed by atoms with Gasteiger partial charge in [-0.1, -0.05) is 35.4 Å². The van der Waals surface area contributed by atoms with E-state index in [2.05, 4.69) is 36.2 Å². The molecule has 0 saturated carbocycles. The lowest BCUT2D eigenvalue weighted by Crippen LogP contribution is -2.20. The van der Waals surface area contributed by atoms with Crippen LogP contribution in [0.25, 0.3) is 0 Å². The zero-order valence-corrected chi connectivity index (χ0v) is 11.6. The van der Waals surface area contributed by atoms with E-state index in [-0.39, 0.29) is 12.1 Å². The average molecular weight is 260 g/mol. The van der Waals surface area contributed by atoms with E-state index in [9.17, 15) is 0 Å². The van der Waals surface area contributed by atoms with Crippen molar-refractivity contribution in [3.8, 4) is 6.01 Å². The third-order valence-electron chi connectivity index (χ3n) is 3.02. The quantitative estimate of drug-likeness (QED) is 0.894. The number of hydrogen-bond donors (Lipinski definition) is 1. The molecule has 1 atom stereocenters. The van der Waals surface area contributed by atoms with Crippen LogP contribution in [-0.4, -0.2) is 21.9 Å². The Balaban J connectivity index is 2.24. The van der Waals surface area contributed by atoms with Gasteiger partial charge in [0.2, 0.25) is 0 Å². The fourth-order valence-electron chi connectivity index (χ4n) is 2.13. The molecule has 0 fully saturated rings. The molecule has 0 saturated heterocycles. The summed E-state index contributed by atoms with van der Waals surface area (Å²) in [5, 5.41) is 8.20. The summed E-state index contributed by atoms with van der Waals surface area (Å²) in [5.41, 5.74) is 7.44. The standard InChI is InChI=1S/C14H20N4O/c1-10(2)18-13(16-17-14(18)19-3)12(15)9-11-7-5-4-6-8-11/h4-8,10,12H,9,15H2,1-3H3/t12-/m1/s1. The lowest BCUT2D eigenvalue weighted by Gasteiger charge is -2.16. The normalized spacial score (nSPS) is 12.7. The van der Waals surface area contributed by atoms with Crippen LogP contribution in [0.3, 0.4) is 0 Å². The minimum atomic E-state index is -0.193. The average Bonchev–Trinajstić information content (AvgIpc) is 2.83. The van der Waals surface area contributed by atoms with E-state index in [4.69, 9.17) is 10.5 Å². The molecule has 0 bridgehead atoms. The van der Waals surface area contributed by atoms with Gasteiger partial charge < -0.3 is 10.5 Å². The van der Waals surface area contributed by atoms with Gasteiger partial charge in [0.05, 0.1) is 13.2 Å². The van der Waals surface area contributed by atoms with Crippen molar-refractivity contribution in [3.05, 3.63) is 41.7 Å². The summed E-state index contributed by atoms with van der Waals surface area (Å²) >= 11 is 0. The number of ether oxygens (including phenoxy) is 1. The van der Waals surface area contributed by atoms with E-state index < -0.39 is 0 Å². The zero-order valence-electron chi connectivity index (χ0n) is 11.6. The highest BCUT2D eigenvalue weighted by molar-refractivity contribution is 5.18. The van der Waals surface area contributed by atoms with Crippen LogP contribution in [0.5, 0.6) is 6.01 Å². The van der Waals surface area contributed by atoms with Gasteiger partial charge in [0.25, 0.3) is 0 Å². The fraction of sp³-hybridized carbons (Fsp3) is 0.429. The van der Waals surface area contributed by atoms with Gasteiger partial charge in [-0.05, 0) is 25.8 Å². The van der Waals surface area contributed by atoms with Crippen molar-refractivity contribution in [1.29, 1.82) is 0 Å². The molecule has 1 aromatic carbocycles. The second-order valence-electron chi connectivity index (χ2n) is 4.80. The summed E-state index contributed by atoms with van der Waals surface area (Å²) in [5.74, 6) is 0.760. The number of rotatable bonds is 5. The van der Waals surface area contributed by atoms with Gasteiger partial charge >= 0.3 is 6.01 Å². The van der Waals surface area contributed by atoms with Crippen molar-refractivity contribution in [1.82, 2.24) is 14.8 Å². The first-order chi connectivity index (χ1) is 9.13. The first-order valence-corrected chi connectivity index (χ1v) is 6.41. The van der Waals surface area contributed by atoms with Crippen molar-refractivity contribution in [2.24, 2.45) is 5.73 Å². The van der Waals surface area contributed by atoms with Crippen molar-refractivity contribution < 1.29 is 4.74 Å². The molecule has 0 unspecified atom stereocenters. The Bertz CT molecular complexity index is 521. The smallest absolute Gasteiger partial charge is 0.316 e. The van der Waals surface area contributed by atoms with Crippen LogP contribution in [0.4, 0.5) is 0 Å². The highest BCUT2D eigenvalue weighted by atomic mass is 16.5. The van der Waals surface area contributed by atoms with E-state index >= 15 is 0 Å². The maximum atomic E-state index is 6.25. The number of hydrogen-bond acceptors (Lipinski definition) is 4. The molecule has 0 aliphatic rings. The van der Waals surface area contributed by atoms with Gasteiger partial charge in [0.1, 0.15) is 0 Å². The van der Waals surface area contributed by atoms with E-state index in [0.29, 0.717) is 6.01 Å². The molecule has 5 heteroatoms. The lowest BCUT2D eigenvalue weighted by atomic mass is 10.1. The topological polar surface area (TPSA) is 66.0 Å². The van der Waals surface area contributed by atoms with Gasteiger partial charge in [-0.15, -0.1) is 5.10 Å². The van der Waals surface area contributed by atoms with Crippen LogP contribution in [0.15, 0.2) is 30.3 Å². The van der Waals surface area contributed by atoms with Gasteiger partial charge in [-0.2, -0.15) is 0 Å². The Kier molecular flexibility index (Phi) is 4.16. The Morgan fingerprint density at radius 2 is 1.89 bits per heavy atom. The third-order valence-corrected chi connectivity index (χ3v) is 3.02. The van der Waals surface area contributed by atoms with Crippen molar-refractivity contribution in [3.63, 3.8) is 0 Å². The Morgan fingerprint density at radius 1 is 1.21 bits per heavy atom. The first kappa shape index (κ1) is 13.5. The second kappa shape index (κ2) is 5.84. The van der Waals surface area contributed by atoms with Crippen LogP contribution in [0.1, 0.15) is 37.3 Å². The van der Waals surface area contributed by atoms with Crippen LogP contribution in [0.2, 0.25) is 0 Å². The molecule has 2 aromatic rings. The Labute approximate surface area is 113 Å². The van der Waals surface area contributed by atoms with Crippen molar-refractivity contribution in [2.75, 3.05) is 7.11 Å². The summed E-state index contributed by atoms with van der Waals surface area (Å²) in [6.07, 6.45) is 0.732. The minimum absolute atomic E-state index is 0.193. The van der Waals surface area contributed by atoms with Crippen molar-refractivity contribution in [2.45, 2.75) is 32.4 Å². The molecule has 1 heterocycles. The maximum absolute atomic E-state index is 6.25. The third kappa shape index (κ3) is 2.93. The lowest BCUT2D eigenvalue weighted by molar-refractivity contribution is 0.340. The van der Waals surface area contributed by atoms with E-state index in [0.717, 1.165) is 12.2 Å². The van der Waals surface area contributed by atoms with E-state index in [1.165, 1.54) is 5.56 Å². The Morgan fingerprint density at radius 3 is 2.47 bits per heavy atom. The number of benzene rings is 1. The summed E-state index contributed by atoms with van der Waals surface area (Å²) < 4.78 is 7.16. The van der Waals surface area contributed by atoms with E-state index in [1.807, 2.05) is 22.8 Å². The number of aromatic nitrogens is 3. The first-order valence-electron chi connectivity index (χ1n) is 6.41. The highest BCUT2D eigenvalue weighted by Gasteiger charge is 2.20. The van der Waals surface area contributed by atoms with Crippen LogP contribution in [-0.2, 0) is 6.42 Å². The van der Waals surface area contributed by atoms with Crippen molar-refractivity contribution >= 4 is 0 Å². The predicted molar refractivity (Wildman–Crippen MR) is 74.0 cm³/mol. The number of methoxy groups -OCH3 is 1. The molecule has 0 spiro atoms. The zero-order chi connectivity index (χ0) is 13.8. The van der Waals surface area contributed by atoms with Gasteiger partial charge in [0.15, 0.2) is 5.82 Å². The highest BCUT2D eigenvalue weighted by Crippen LogP contribution is 2.23. The molecular formula is C14H20N4O. The van der Waals surface area contributed by atoms with Gasteiger partial charge in [0, 0.05) is 6.04 Å². The molecule has 5 nitrogen and oxygen atoms in total. The molecule has 1 aromatic heterocycles. The van der Waals surface area contributed by atoms with E-state index in [1.54, 1.807) is 7.11 Å². The largest absolute Gasteiger partial charge is 0.467 e. The monoisotopic (exact) mass is 260 g/mol. The number of nitrogens with zero attached hydrogens (tertiary/aromatic N) is 3. The molecule has 2 N–H and O–H groups in total. The number of nitrogens with two attached hydrogens (primary N) is 1. The minimum Gasteiger partial charge on any atom is -0.467 e. The molecule has 0 amide bonds. The molecule has 19 heavy (non-hydrogen) atoms. The van der Waals surface area contributed by atoms with Gasteiger partial charge in [-0.3, -0.25) is 4.57 Å². The molecule has 2 rings (SSSR count). The molecule has 102 valence electrons. The molecule has 0 aliphatic carbocycles. The summed E-state index contributed by atoms with van der Waals surface area (Å²) in [4.78, 5) is 0. The second-order valence-corrected chi connectivity index (χ2v) is 4.80. The predicted octanol–water partition coefficient (Wildman–Crippen LogP) is 2.11.